The van der Waals surface area contributed by atoms with Gasteiger partial charge in [0.1, 0.15) is 0 Å². The van der Waals surface area contributed by atoms with Crippen molar-refractivity contribution in [2.75, 3.05) is 36.9 Å². The summed E-state index contributed by atoms with van der Waals surface area (Å²) in [5.41, 5.74) is 0.386. The molecule has 0 bridgehead atoms. The maximum absolute atomic E-state index is 12.3. The van der Waals surface area contributed by atoms with Crippen LogP contribution in [0.5, 0.6) is 0 Å². The minimum Gasteiger partial charge on any atom is -0.301 e. The lowest BCUT2D eigenvalue weighted by molar-refractivity contribution is 0.312. The fourth-order valence-corrected chi connectivity index (χ4v) is 4.40. The minimum atomic E-state index is -3.30. The molecule has 108 valence electrons. The SMILES string of the molecule is N#Cc1cccc(S(=O)(=O)CCN2CCCSCC2)c1. The van der Waals surface area contributed by atoms with Crippen molar-refractivity contribution in [2.45, 2.75) is 11.3 Å². The Balaban J connectivity index is 2.01. The van der Waals surface area contributed by atoms with E-state index in [4.69, 9.17) is 5.26 Å². The molecule has 2 rings (SSSR count). The molecule has 0 radical (unpaired) electrons. The van der Waals surface area contributed by atoms with Gasteiger partial charge < -0.3 is 4.90 Å². The molecule has 0 aliphatic carbocycles. The van der Waals surface area contributed by atoms with Crippen molar-refractivity contribution in [3.8, 4) is 6.07 Å². The number of hydrogen-bond acceptors (Lipinski definition) is 5. The van der Waals surface area contributed by atoms with E-state index in [0.717, 1.165) is 31.0 Å². The van der Waals surface area contributed by atoms with E-state index >= 15 is 0 Å². The maximum atomic E-state index is 12.3. The Morgan fingerprint density at radius 2 is 2.15 bits per heavy atom. The number of nitrogens with zero attached hydrogens (tertiary/aromatic N) is 2. The van der Waals surface area contributed by atoms with Crippen LogP contribution in [0.15, 0.2) is 29.2 Å². The fourth-order valence-electron chi connectivity index (χ4n) is 2.15. The van der Waals surface area contributed by atoms with Crippen LogP contribution in [0, 0.1) is 11.3 Å². The number of benzene rings is 1. The second-order valence-corrected chi connectivity index (χ2v) is 8.10. The first-order valence-corrected chi connectivity index (χ1v) is 9.45. The van der Waals surface area contributed by atoms with E-state index in [1.54, 1.807) is 18.2 Å². The summed E-state index contributed by atoms with van der Waals surface area (Å²) in [6.45, 7) is 2.50. The van der Waals surface area contributed by atoms with Crippen molar-refractivity contribution in [1.29, 1.82) is 5.26 Å². The topological polar surface area (TPSA) is 61.2 Å². The Hall–Kier alpha value is -1.03. The first kappa shape index (κ1) is 15.4. The van der Waals surface area contributed by atoms with Crippen LogP contribution in [0.2, 0.25) is 0 Å². The lowest BCUT2D eigenvalue weighted by Gasteiger charge is -2.19. The summed E-state index contributed by atoms with van der Waals surface area (Å²) in [5, 5.41) is 8.84. The first-order chi connectivity index (χ1) is 9.62. The predicted molar refractivity (Wildman–Crippen MR) is 81.6 cm³/mol. The molecule has 0 aromatic heterocycles. The average Bonchev–Trinajstić information content (AvgIpc) is 2.74. The molecule has 0 saturated carbocycles. The number of sulfone groups is 1. The van der Waals surface area contributed by atoms with Crippen LogP contribution in [0.4, 0.5) is 0 Å². The van der Waals surface area contributed by atoms with Gasteiger partial charge in [0, 0.05) is 18.8 Å². The molecule has 1 aliphatic rings. The molecule has 1 fully saturated rings. The Morgan fingerprint density at radius 1 is 1.30 bits per heavy atom. The average molecular weight is 310 g/mol. The summed E-state index contributed by atoms with van der Waals surface area (Å²) in [6.07, 6.45) is 1.12. The number of rotatable bonds is 4. The highest BCUT2D eigenvalue weighted by molar-refractivity contribution is 7.99. The normalized spacial score (nSPS) is 17.4. The van der Waals surface area contributed by atoms with Gasteiger partial charge in [0.25, 0.3) is 0 Å². The summed E-state index contributed by atoms with van der Waals surface area (Å²) in [7, 11) is -3.30. The van der Waals surface area contributed by atoms with E-state index < -0.39 is 9.84 Å². The van der Waals surface area contributed by atoms with E-state index in [2.05, 4.69) is 4.90 Å². The molecule has 0 unspecified atom stereocenters. The smallest absolute Gasteiger partial charge is 0.179 e. The molecular weight excluding hydrogens is 292 g/mol. The second-order valence-electron chi connectivity index (χ2n) is 4.77. The molecule has 1 aromatic carbocycles. The summed E-state index contributed by atoms with van der Waals surface area (Å²) < 4.78 is 24.6. The van der Waals surface area contributed by atoms with Gasteiger partial charge in [0.05, 0.1) is 22.3 Å². The van der Waals surface area contributed by atoms with Gasteiger partial charge in [-0.1, -0.05) is 6.07 Å². The van der Waals surface area contributed by atoms with E-state index in [0.29, 0.717) is 12.1 Å². The molecule has 1 aromatic rings. The molecule has 1 aliphatic heterocycles. The van der Waals surface area contributed by atoms with Gasteiger partial charge in [-0.3, -0.25) is 0 Å². The zero-order chi connectivity index (χ0) is 14.4. The molecular formula is C14H18N2O2S2. The highest BCUT2D eigenvalue weighted by Gasteiger charge is 2.17. The molecule has 0 amide bonds. The van der Waals surface area contributed by atoms with Crippen molar-refractivity contribution in [1.82, 2.24) is 4.90 Å². The number of hydrogen-bond donors (Lipinski definition) is 0. The van der Waals surface area contributed by atoms with Gasteiger partial charge in [0.2, 0.25) is 0 Å². The van der Waals surface area contributed by atoms with Gasteiger partial charge in [-0.05, 0) is 36.9 Å². The monoisotopic (exact) mass is 310 g/mol. The minimum absolute atomic E-state index is 0.118. The van der Waals surface area contributed by atoms with Crippen molar-refractivity contribution < 1.29 is 8.42 Å². The van der Waals surface area contributed by atoms with Crippen LogP contribution < -0.4 is 0 Å². The third-order valence-electron chi connectivity index (χ3n) is 3.31. The summed E-state index contributed by atoms with van der Waals surface area (Å²) in [4.78, 5) is 2.46. The van der Waals surface area contributed by atoms with E-state index in [9.17, 15) is 8.42 Å². The Kier molecular flexibility index (Phi) is 5.46. The molecule has 4 nitrogen and oxygen atoms in total. The molecule has 0 spiro atoms. The molecule has 1 saturated heterocycles. The zero-order valence-electron chi connectivity index (χ0n) is 11.3. The van der Waals surface area contributed by atoms with Crippen LogP contribution >= 0.6 is 11.8 Å². The van der Waals surface area contributed by atoms with E-state index in [1.165, 1.54) is 6.07 Å². The lowest BCUT2D eigenvalue weighted by atomic mass is 10.2. The predicted octanol–water partition coefficient (Wildman–Crippen LogP) is 1.77. The number of thioether (sulfide) groups is 1. The highest BCUT2D eigenvalue weighted by Crippen LogP contribution is 2.14. The lowest BCUT2D eigenvalue weighted by Crippen LogP contribution is -2.31. The summed E-state index contributed by atoms with van der Waals surface area (Å²) >= 11 is 1.93. The third-order valence-corrected chi connectivity index (χ3v) is 6.05. The van der Waals surface area contributed by atoms with Crippen molar-refractivity contribution >= 4 is 21.6 Å². The number of nitriles is 1. The first-order valence-electron chi connectivity index (χ1n) is 6.65. The Labute approximate surface area is 124 Å². The third kappa shape index (κ3) is 4.23. The highest BCUT2D eigenvalue weighted by atomic mass is 32.2. The quantitative estimate of drug-likeness (QED) is 0.848. The standard InChI is InChI=1S/C14H18N2O2S2/c15-12-13-3-1-4-14(11-13)20(17,18)10-7-16-5-2-8-19-9-6-16/h1,3-4,11H,2,5-10H2. The van der Waals surface area contributed by atoms with Crippen LogP contribution in [0.1, 0.15) is 12.0 Å². The molecule has 20 heavy (non-hydrogen) atoms. The Bertz CT molecular complexity index is 585. The molecule has 6 heteroatoms. The zero-order valence-corrected chi connectivity index (χ0v) is 12.9. The largest absolute Gasteiger partial charge is 0.301 e. The van der Waals surface area contributed by atoms with Crippen LogP contribution in [0.3, 0.4) is 0 Å². The van der Waals surface area contributed by atoms with Crippen LogP contribution in [-0.4, -0.2) is 50.2 Å². The van der Waals surface area contributed by atoms with Gasteiger partial charge in [-0.15, -0.1) is 0 Å². The van der Waals surface area contributed by atoms with E-state index in [-0.39, 0.29) is 10.6 Å². The summed E-state index contributed by atoms with van der Waals surface area (Å²) in [5.74, 6) is 2.35. The molecule has 0 atom stereocenters. The van der Waals surface area contributed by atoms with Gasteiger partial charge >= 0.3 is 0 Å². The van der Waals surface area contributed by atoms with Crippen LogP contribution in [-0.2, 0) is 9.84 Å². The van der Waals surface area contributed by atoms with Gasteiger partial charge in [-0.2, -0.15) is 17.0 Å². The van der Waals surface area contributed by atoms with Crippen LogP contribution in [0.25, 0.3) is 0 Å². The van der Waals surface area contributed by atoms with Crippen molar-refractivity contribution in [3.63, 3.8) is 0 Å². The Morgan fingerprint density at radius 3 is 2.95 bits per heavy atom. The molecule has 1 heterocycles. The van der Waals surface area contributed by atoms with Gasteiger partial charge in [0.15, 0.2) is 9.84 Å². The second kappa shape index (κ2) is 7.11. The van der Waals surface area contributed by atoms with Crippen molar-refractivity contribution in [3.05, 3.63) is 29.8 Å². The summed E-state index contributed by atoms with van der Waals surface area (Å²) in [6, 6.07) is 8.23. The van der Waals surface area contributed by atoms with E-state index in [1.807, 2.05) is 17.8 Å². The molecule has 0 N–H and O–H groups in total. The van der Waals surface area contributed by atoms with Gasteiger partial charge in [-0.25, -0.2) is 8.42 Å². The fraction of sp³-hybridized carbons (Fsp3) is 0.500. The maximum Gasteiger partial charge on any atom is 0.179 e. The van der Waals surface area contributed by atoms with Crippen molar-refractivity contribution in [2.24, 2.45) is 0 Å².